The minimum Gasteiger partial charge on any atom is -0.481 e. The van der Waals surface area contributed by atoms with Gasteiger partial charge < -0.3 is 30.0 Å². The number of carboxylic acids is 1. The Balaban J connectivity index is 0. The molecule has 0 fully saturated rings. The van der Waals surface area contributed by atoms with Crippen LogP contribution < -0.4 is 10.6 Å². The summed E-state index contributed by atoms with van der Waals surface area (Å²) in [6.07, 6.45) is -0.409. The number of amides is 3. The maximum absolute atomic E-state index is 12.1. The number of hydrogen-bond donors (Lipinski definition) is 3. The van der Waals surface area contributed by atoms with Crippen molar-refractivity contribution in [2.24, 2.45) is 0 Å². The fraction of sp³-hybridized carbons (Fsp3) is 0.556. The van der Waals surface area contributed by atoms with E-state index in [2.05, 4.69) is 15.4 Å². The van der Waals surface area contributed by atoms with Gasteiger partial charge in [-0.25, -0.2) is 14.7 Å². The second-order valence-electron chi connectivity index (χ2n) is 12.8. The quantitative estimate of drug-likeness (QED) is 0.185. The Kier molecular flexibility index (Phi) is 23.8. The van der Waals surface area contributed by atoms with Gasteiger partial charge in [-0.1, -0.05) is 54.9 Å². The number of ether oxygens (including phenoxy) is 3. The summed E-state index contributed by atoms with van der Waals surface area (Å²) < 4.78 is 15.0. The van der Waals surface area contributed by atoms with Crippen molar-refractivity contribution in [3.05, 3.63) is 69.7 Å². The lowest BCUT2D eigenvalue weighted by Crippen LogP contribution is -2.43. The van der Waals surface area contributed by atoms with E-state index in [1.165, 1.54) is 14.2 Å². The standard InChI is InChI=1S/C17H25ClN2O4.C15H20ClNO4.C3H8O.CH4/c1-17(2,3)24-16(22)19-14(11-15(21)20(4)23-5)10-12-6-8-13(18)9-7-12;1-15(2,3)21-14(20)17-12(9-13(18)19)8-10-4-6-11(16)7-5-10;1-3-4-2;/h6-9,14H,10-11H2,1-5H3,(H,19,22);4-7,12H,8-9H2,1-3H3,(H,17,20)(H,18,19);3H2,1-2H3;1H4/t14-;12-;;/m00../s1. The number of carbonyl (C=O) groups excluding carboxylic acids is 3. The highest BCUT2D eigenvalue weighted by molar-refractivity contribution is 6.30. The number of carboxylic acid groups (broad SMARTS) is 1. The third-order valence-electron chi connectivity index (χ3n) is 5.99. The van der Waals surface area contributed by atoms with Gasteiger partial charge in [0.2, 0.25) is 5.91 Å². The van der Waals surface area contributed by atoms with E-state index in [9.17, 15) is 19.2 Å². The Morgan fingerprint density at radius 3 is 1.36 bits per heavy atom. The lowest BCUT2D eigenvalue weighted by Gasteiger charge is -2.24. The van der Waals surface area contributed by atoms with Crippen LogP contribution in [-0.2, 0) is 41.5 Å². The summed E-state index contributed by atoms with van der Waals surface area (Å²) in [6.45, 7) is 13.4. The zero-order chi connectivity index (χ0) is 37.8. The molecule has 0 aliphatic heterocycles. The van der Waals surface area contributed by atoms with Crippen LogP contribution in [0.15, 0.2) is 48.5 Å². The number of rotatable bonds is 12. The Labute approximate surface area is 308 Å². The van der Waals surface area contributed by atoms with Crippen LogP contribution in [0.1, 0.15) is 79.9 Å². The van der Waals surface area contributed by atoms with Gasteiger partial charge in [0.1, 0.15) is 11.2 Å². The van der Waals surface area contributed by atoms with E-state index in [0.29, 0.717) is 22.9 Å². The van der Waals surface area contributed by atoms with Gasteiger partial charge in [-0.15, -0.1) is 0 Å². The minimum absolute atomic E-state index is 0. The van der Waals surface area contributed by atoms with E-state index in [-0.39, 0.29) is 26.2 Å². The number of nitrogens with zero attached hydrogens (tertiary/aromatic N) is 1. The molecular formula is C36H57Cl2N3O9. The summed E-state index contributed by atoms with van der Waals surface area (Å²) in [5.41, 5.74) is 0.607. The van der Waals surface area contributed by atoms with Crippen LogP contribution >= 0.6 is 23.2 Å². The molecule has 0 aliphatic rings. The normalized spacial score (nSPS) is 11.8. The van der Waals surface area contributed by atoms with E-state index in [1.54, 1.807) is 85.1 Å². The van der Waals surface area contributed by atoms with Crippen molar-refractivity contribution in [3.63, 3.8) is 0 Å². The highest BCUT2D eigenvalue weighted by Crippen LogP contribution is 2.15. The number of hydroxylamine groups is 2. The summed E-state index contributed by atoms with van der Waals surface area (Å²) in [5.74, 6) is -1.22. The Bertz CT molecular complexity index is 1280. The first-order valence-electron chi connectivity index (χ1n) is 15.7. The number of carbonyl (C=O) groups is 4. The van der Waals surface area contributed by atoms with Gasteiger partial charge in [-0.05, 0) is 96.7 Å². The molecule has 0 radical (unpaired) electrons. The summed E-state index contributed by atoms with van der Waals surface area (Å²) in [6, 6.07) is 13.3. The number of benzene rings is 2. The van der Waals surface area contributed by atoms with E-state index >= 15 is 0 Å². The molecule has 14 heteroatoms. The van der Waals surface area contributed by atoms with Gasteiger partial charge in [-0.2, -0.15) is 0 Å². The zero-order valence-electron chi connectivity index (χ0n) is 30.2. The lowest BCUT2D eigenvalue weighted by atomic mass is 10.0. The Morgan fingerprint density at radius 1 is 0.740 bits per heavy atom. The molecule has 0 saturated carbocycles. The molecular weight excluding hydrogens is 689 g/mol. The van der Waals surface area contributed by atoms with Crippen molar-refractivity contribution in [2.75, 3.05) is 27.9 Å². The van der Waals surface area contributed by atoms with Gasteiger partial charge >= 0.3 is 18.2 Å². The zero-order valence-corrected chi connectivity index (χ0v) is 31.7. The smallest absolute Gasteiger partial charge is 0.407 e. The topological polar surface area (TPSA) is 153 Å². The van der Waals surface area contributed by atoms with Crippen molar-refractivity contribution in [3.8, 4) is 0 Å². The van der Waals surface area contributed by atoms with Crippen LogP contribution in [0.25, 0.3) is 0 Å². The van der Waals surface area contributed by atoms with Crippen molar-refractivity contribution in [1.82, 2.24) is 15.7 Å². The minimum atomic E-state index is -0.981. The average Bonchev–Trinajstić information content (AvgIpc) is 2.97. The van der Waals surface area contributed by atoms with Crippen LogP contribution in [0, 0.1) is 0 Å². The fourth-order valence-electron chi connectivity index (χ4n) is 3.76. The third-order valence-corrected chi connectivity index (χ3v) is 6.49. The Morgan fingerprint density at radius 2 is 1.08 bits per heavy atom. The first-order chi connectivity index (χ1) is 22.7. The molecule has 0 unspecified atom stereocenters. The molecule has 3 amide bonds. The average molecular weight is 747 g/mol. The molecule has 0 aromatic heterocycles. The number of alkyl carbamates (subject to hydrolysis) is 2. The van der Waals surface area contributed by atoms with Gasteiger partial charge in [-0.3, -0.25) is 14.4 Å². The van der Waals surface area contributed by atoms with Crippen LogP contribution in [0.5, 0.6) is 0 Å². The maximum Gasteiger partial charge on any atom is 0.407 e. The second-order valence-corrected chi connectivity index (χ2v) is 13.7. The summed E-state index contributed by atoms with van der Waals surface area (Å²) in [5, 5.41) is 16.6. The summed E-state index contributed by atoms with van der Waals surface area (Å²) in [4.78, 5) is 51.6. The van der Waals surface area contributed by atoms with Crippen LogP contribution in [-0.4, -0.2) is 85.4 Å². The van der Waals surface area contributed by atoms with Gasteiger partial charge in [0, 0.05) is 49.3 Å². The SMILES string of the molecule is C.CC(C)(C)OC(=O)N[C@H](CC(=O)O)Cc1ccc(Cl)cc1.CCOC.CON(C)C(=O)C[C@H](Cc1ccc(Cl)cc1)NC(=O)OC(C)(C)C. The van der Waals surface area contributed by atoms with Crippen molar-refractivity contribution >= 4 is 47.3 Å². The molecule has 0 spiro atoms. The predicted molar refractivity (Wildman–Crippen MR) is 198 cm³/mol. The maximum atomic E-state index is 12.1. The molecule has 2 atom stereocenters. The molecule has 0 heterocycles. The van der Waals surface area contributed by atoms with Crippen LogP contribution in [0.2, 0.25) is 10.0 Å². The van der Waals surface area contributed by atoms with Gasteiger partial charge in [0.05, 0.1) is 13.5 Å². The fourth-order valence-corrected chi connectivity index (χ4v) is 4.01. The molecule has 2 rings (SSSR count). The molecule has 12 nitrogen and oxygen atoms in total. The van der Waals surface area contributed by atoms with E-state index in [1.807, 2.05) is 19.1 Å². The van der Waals surface area contributed by atoms with Crippen LogP contribution in [0.3, 0.4) is 0 Å². The molecule has 0 aliphatic carbocycles. The first-order valence-corrected chi connectivity index (χ1v) is 16.4. The number of hydrogen-bond acceptors (Lipinski definition) is 8. The van der Waals surface area contributed by atoms with Gasteiger partial charge in [0.15, 0.2) is 0 Å². The molecule has 0 saturated heterocycles. The highest BCUT2D eigenvalue weighted by atomic mass is 35.5. The number of nitrogens with one attached hydrogen (secondary N) is 2. The number of halogens is 2. The molecule has 2 aromatic carbocycles. The Hall–Kier alpha value is -3.58. The largest absolute Gasteiger partial charge is 0.481 e. The predicted octanol–water partition coefficient (Wildman–Crippen LogP) is 7.73. The molecule has 0 bridgehead atoms. The first kappa shape index (κ1) is 48.5. The molecule has 2 aromatic rings. The number of aliphatic carboxylic acids is 1. The van der Waals surface area contributed by atoms with Crippen molar-refractivity contribution < 1.29 is 43.3 Å². The third kappa shape index (κ3) is 25.4. The second kappa shape index (κ2) is 24.5. The molecule has 50 heavy (non-hydrogen) atoms. The molecule has 284 valence electrons. The monoisotopic (exact) mass is 745 g/mol. The summed E-state index contributed by atoms with van der Waals surface area (Å²) in [7, 11) is 4.61. The van der Waals surface area contributed by atoms with E-state index < -0.39 is 41.4 Å². The van der Waals surface area contributed by atoms with Crippen LogP contribution in [0.4, 0.5) is 9.59 Å². The molecule has 3 N–H and O–H groups in total. The highest BCUT2D eigenvalue weighted by Gasteiger charge is 2.24. The van der Waals surface area contributed by atoms with E-state index in [4.69, 9.17) is 42.6 Å². The van der Waals surface area contributed by atoms with Gasteiger partial charge in [0.25, 0.3) is 0 Å². The number of methoxy groups -OCH3 is 1. The van der Waals surface area contributed by atoms with Crippen molar-refractivity contribution in [1.29, 1.82) is 0 Å². The van der Waals surface area contributed by atoms with Crippen molar-refractivity contribution in [2.45, 2.75) is 105 Å². The summed E-state index contributed by atoms with van der Waals surface area (Å²) >= 11 is 11.7. The lowest BCUT2D eigenvalue weighted by molar-refractivity contribution is -0.169. The van der Waals surface area contributed by atoms with E-state index in [0.717, 1.165) is 22.8 Å².